The summed E-state index contributed by atoms with van der Waals surface area (Å²) < 4.78 is 13.4. The van der Waals surface area contributed by atoms with Crippen molar-refractivity contribution in [2.75, 3.05) is 11.4 Å². The van der Waals surface area contributed by atoms with Crippen molar-refractivity contribution in [3.63, 3.8) is 0 Å². The molecule has 1 aromatic carbocycles. The summed E-state index contributed by atoms with van der Waals surface area (Å²) in [5.41, 5.74) is 0.817. The van der Waals surface area contributed by atoms with E-state index in [-0.39, 0.29) is 17.6 Å². The first-order valence-corrected chi connectivity index (χ1v) is 6.72. The minimum Gasteiger partial charge on any atom is -0.476 e. The zero-order valence-corrected chi connectivity index (χ0v) is 11.2. The summed E-state index contributed by atoms with van der Waals surface area (Å²) in [6.07, 6.45) is 4.59. The van der Waals surface area contributed by atoms with Crippen molar-refractivity contribution in [3.05, 3.63) is 53.7 Å². The number of nitrogens with zero attached hydrogens (tertiary/aromatic N) is 3. The Hall–Kier alpha value is -2.50. The van der Waals surface area contributed by atoms with Crippen LogP contribution < -0.4 is 4.90 Å². The summed E-state index contributed by atoms with van der Waals surface area (Å²) in [4.78, 5) is 20.9. The van der Waals surface area contributed by atoms with Gasteiger partial charge in [0, 0.05) is 6.54 Å². The number of hydrogen-bond donors (Lipinski definition) is 1. The molecular weight excluding hydrogens is 273 g/mol. The highest BCUT2D eigenvalue weighted by Gasteiger charge is 2.27. The molecule has 0 saturated carbocycles. The van der Waals surface area contributed by atoms with E-state index in [0.29, 0.717) is 5.82 Å². The molecule has 6 heteroatoms. The molecule has 0 amide bonds. The van der Waals surface area contributed by atoms with Crippen molar-refractivity contribution >= 4 is 11.8 Å². The Morgan fingerprint density at radius 2 is 2.19 bits per heavy atom. The topological polar surface area (TPSA) is 66.3 Å². The van der Waals surface area contributed by atoms with E-state index in [2.05, 4.69) is 9.97 Å². The molecular formula is C15H14FN3O2. The Bertz CT molecular complexity index is 660. The van der Waals surface area contributed by atoms with Gasteiger partial charge in [-0.3, -0.25) is 0 Å². The van der Waals surface area contributed by atoms with Crippen molar-refractivity contribution in [1.29, 1.82) is 0 Å². The molecule has 21 heavy (non-hydrogen) atoms. The highest BCUT2D eigenvalue weighted by Crippen LogP contribution is 2.34. The molecule has 2 aromatic rings. The van der Waals surface area contributed by atoms with Gasteiger partial charge in [0.2, 0.25) is 0 Å². The average molecular weight is 287 g/mol. The second kappa shape index (κ2) is 5.47. The van der Waals surface area contributed by atoms with Crippen molar-refractivity contribution in [3.8, 4) is 0 Å². The molecule has 1 N–H and O–H groups in total. The average Bonchev–Trinajstić information content (AvgIpc) is 2.97. The Labute approximate surface area is 121 Å². The predicted molar refractivity (Wildman–Crippen MR) is 74.7 cm³/mol. The van der Waals surface area contributed by atoms with Gasteiger partial charge in [0.25, 0.3) is 0 Å². The lowest BCUT2D eigenvalue weighted by molar-refractivity contribution is 0.0690. The van der Waals surface area contributed by atoms with Crippen LogP contribution in [0.3, 0.4) is 0 Å². The summed E-state index contributed by atoms with van der Waals surface area (Å²) >= 11 is 0. The molecule has 2 heterocycles. The van der Waals surface area contributed by atoms with Crippen molar-refractivity contribution < 1.29 is 14.3 Å². The minimum atomic E-state index is -1.10. The number of carboxylic acids is 1. The number of aromatic nitrogens is 2. The van der Waals surface area contributed by atoms with E-state index in [1.54, 1.807) is 6.07 Å². The summed E-state index contributed by atoms with van der Waals surface area (Å²) in [7, 11) is 0. The van der Waals surface area contributed by atoms with E-state index in [1.165, 1.54) is 24.5 Å². The third-order valence-electron chi connectivity index (χ3n) is 3.64. The third kappa shape index (κ3) is 2.69. The van der Waals surface area contributed by atoms with Gasteiger partial charge in [0.15, 0.2) is 5.69 Å². The van der Waals surface area contributed by atoms with Crippen LogP contribution in [0, 0.1) is 5.82 Å². The van der Waals surface area contributed by atoms with Crippen molar-refractivity contribution in [1.82, 2.24) is 9.97 Å². The van der Waals surface area contributed by atoms with Gasteiger partial charge in [-0.25, -0.2) is 19.2 Å². The van der Waals surface area contributed by atoms with Gasteiger partial charge in [-0.15, -0.1) is 0 Å². The van der Waals surface area contributed by atoms with E-state index < -0.39 is 5.97 Å². The van der Waals surface area contributed by atoms with Crippen LogP contribution in [0.2, 0.25) is 0 Å². The monoisotopic (exact) mass is 287 g/mol. The van der Waals surface area contributed by atoms with Crippen LogP contribution in [0.5, 0.6) is 0 Å². The van der Waals surface area contributed by atoms with E-state index >= 15 is 0 Å². The maximum Gasteiger partial charge on any atom is 0.356 e. The van der Waals surface area contributed by atoms with Crippen LogP contribution in [-0.4, -0.2) is 27.6 Å². The Kier molecular flexibility index (Phi) is 3.51. The smallest absolute Gasteiger partial charge is 0.356 e. The van der Waals surface area contributed by atoms with Gasteiger partial charge < -0.3 is 10.0 Å². The minimum absolute atomic E-state index is 0.0469. The largest absolute Gasteiger partial charge is 0.476 e. The summed E-state index contributed by atoms with van der Waals surface area (Å²) in [6.45, 7) is 0.794. The second-order valence-electron chi connectivity index (χ2n) is 4.97. The van der Waals surface area contributed by atoms with Gasteiger partial charge in [-0.05, 0) is 30.5 Å². The van der Waals surface area contributed by atoms with Crippen LogP contribution in [0.1, 0.15) is 34.9 Å². The Morgan fingerprint density at radius 3 is 2.86 bits per heavy atom. The number of anilines is 1. The Morgan fingerprint density at radius 1 is 1.33 bits per heavy atom. The maximum absolute atomic E-state index is 13.4. The number of benzene rings is 1. The number of carboxylic acid groups (broad SMARTS) is 1. The lowest BCUT2D eigenvalue weighted by Crippen LogP contribution is -2.24. The molecule has 1 aliphatic rings. The van der Waals surface area contributed by atoms with Gasteiger partial charge in [0.1, 0.15) is 11.6 Å². The lowest BCUT2D eigenvalue weighted by Gasteiger charge is -2.25. The van der Waals surface area contributed by atoms with E-state index in [4.69, 9.17) is 5.11 Å². The molecule has 1 atom stereocenters. The predicted octanol–water partition coefficient (Wildman–Crippen LogP) is 2.66. The van der Waals surface area contributed by atoms with Gasteiger partial charge in [0.05, 0.1) is 18.4 Å². The van der Waals surface area contributed by atoms with Crippen molar-refractivity contribution in [2.24, 2.45) is 0 Å². The molecule has 1 aromatic heterocycles. The first-order chi connectivity index (χ1) is 10.1. The molecule has 0 bridgehead atoms. The fraction of sp³-hybridized carbons (Fsp3) is 0.267. The fourth-order valence-corrected chi connectivity index (χ4v) is 2.68. The van der Waals surface area contributed by atoms with Crippen LogP contribution in [0.25, 0.3) is 0 Å². The van der Waals surface area contributed by atoms with Crippen LogP contribution in [-0.2, 0) is 0 Å². The molecule has 1 aliphatic heterocycles. The van der Waals surface area contributed by atoms with Crippen LogP contribution in [0.4, 0.5) is 10.2 Å². The first-order valence-electron chi connectivity index (χ1n) is 6.72. The van der Waals surface area contributed by atoms with E-state index in [0.717, 1.165) is 24.9 Å². The fourth-order valence-electron chi connectivity index (χ4n) is 2.68. The molecule has 1 saturated heterocycles. The first kappa shape index (κ1) is 13.5. The van der Waals surface area contributed by atoms with Crippen LogP contribution in [0.15, 0.2) is 36.7 Å². The summed E-state index contributed by atoms with van der Waals surface area (Å²) in [6, 6.07) is 6.59. The number of rotatable bonds is 3. The summed E-state index contributed by atoms with van der Waals surface area (Å²) in [5.74, 6) is -0.740. The number of aromatic carboxylic acids is 1. The zero-order chi connectivity index (χ0) is 14.8. The molecule has 0 spiro atoms. The molecule has 1 unspecified atom stereocenters. The van der Waals surface area contributed by atoms with Crippen LogP contribution >= 0.6 is 0 Å². The second-order valence-corrected chi connectivity index (χ2v) is 4.97. The maximum atomic E-state index is 13.4. The molecule has 3 rings (SSSR count). The number of carbonyl (C=O) groups is 1. The summed E-state index contributed by atoms with van der Waals surface area (Å²) in [5, 5.41) is 8.84. The normalized spacial score (nSPS) is 18.0. The molecule has 1 fully saturated rings. The third-order valence-corrected chi connectivity index (χ3v) is 3.64. The quantitative estimate of drug-likeness (QED) is 0.940. The zero-order valence-electron chi connectivity index (χ0n) is 11.2. The van der Waals surface area contributed by atoms with E-state index in [1.807, 2.05) is 11.0 Å². The highest BCUT2D eigenvalue weighted by molar-refractivity contribution is 5.84. The molecule has 108 valence electrons. The highest BCUT2D eigenvalue weighted by atomic mass is 19.1. The van der Waals surface area contributed by atoms with Gasteiger partial charge >= 0.3 is 5.97 Å². The van der Waals surface area contributed by atoms with Gasteiger partial charge in [-0.1, -0.05) is 12.1 Å². The SMILES string of the molecule is O=C(O)c1cnc(N2CCCC2c2cccc(F)c2)cn1. The molecule has 5 nitrogen and oxygen atoms in total. The lowest BCUT2D eigenvalue weighted by atomic mass is 10.0. The molecule has 0 aliphatic carbocycles. The van der Waals surface area contributed by atoms with Crippen molar-refractivity contribution in [2.45, 2.75) is 18.9 Å². The Balaban J connectivity index is 1.88. The van der Waals surface area contributed by atoms with Gasteiger partial charge in [-0.2, -0.15) is 0 Å². The number of hydrogen-bond acceptors (Lipinski definition) is 4. The molecule has 0 radical (unpaired) electrons. The standard InChI is InChI=1S/C15H14FN3O2/c16-11-4-1-3-10(7-11)13-5-2-6-19(13)14-9-17-12(8-18-14)15(20)21/h1,3-4,7-9,13H,2,5-6H2,(H,20,21). The number of halogens is 1. The van der Waals surface area contributed by atoms with E-state index in [9.17, 15) is 9.18 Å².